The van der Waals surface area contributed by atoms with Crippen molar-refractivity contribution in [2.75, 3.05) is 27.2 Å². The highest BCUT2D eigenvalue weighted by molar-refractivity contribution is 5.07. The fraction of sp³-hybridized carbons (Fsp3) is 0.875. The van der Waals surface area contributed by atoms with Crippen molar-refractivity contribution >= 4 is 0 Å². The second-order valence-corrected chi connectivity index (χ2v) is 6.79. The van der Waals surface area contributed by atoms with Crippen molar-refractivity contribution in [2.45, 2.75) is 57.0 Å². The molecule has 18 heavy (non-hydrogen) atoms. The monoisotopic (exact) mass is 248 g/mol. The Hall–Kier alpha value is -0.340. The first-order valence-electron chi connectivity index (χ1n) is 7.81. The molecule has 0 saturated carbocycles. The van der Waals surface area contributed by atoms with Crippen LogP contribution in [0.5, 0.6) is 0 Å². The summed E-state index contributed by atoms with van der Waals surface area (Å²) in [4.78, 5) is 5.10. The molecule has 3 heterocycles. The molecule has 3 aliphatic rings. The second-order valence-electron chi connectivity index (χ2n) is 6.79. The summed E-state index contributed by atoms with van der Waals surface area (Å²) in [5, 5.41) is 0. The van der Waals surface area contributed by atoms with Gasteiger partial charge in [0, 0.05) is 25.2 Å². The van der Waals surface area contributed by atoms with E-state index in [2.05, 4.69) is 30.0 Å². The van der Waals surface area contributed by atoms with Crippen LogP contribution >= 0.6 is 0 Å². The third-order valence-electron chi connectivity index (χ3n) is 5.57. The van der Waals surface area contributed by atoms with E-state index in [9.17, 15) is 0 Å². The van der Waals surface area contributed by atoms with Crippen molar-refractivity contribution in [3.63, 3.8) is 0 Å². The highest BCUT2D eigenvalue weighted by atomic mass is 15.2. The number of rotatable bonds is 2. The maximum Gasteiger partial charge on any atom is 0.00984 e. The van der Waals surface area contributed by atoms with Crippen LogP contribution in [0.15, 0.2) is 11.6 Å². The van der Waals surface area contributed by atoms with Crippen molar-refractivity contribution in [2.24, 2.45) is 5.92 Å². The van der Waals surface area contributed by atoms with E-state index in [1.165, 1.54) is 58.0 Å². The topological polar surface area (TPSA) is 6.48 Å². The molecule has 0 radical (unpaired) electrons. The minimum absolute atomic E-state index is 0.907. The normalized spacial score (nSPS) is 38.1. The van der Waals surface area contributed by atoms with Crippen LogP contribution in [-0.2, 0) is 0 Å². The summed E-state index contributed by atoms with van der Waals surface area (Å²) in [7, 11) is 4.58. The second kappa shape index (κ2) is 5.34. The van der Waals surface area contributed by atoms with Gasteiger partial charge in [0.1, 0.15) is 0 Å². The molecule has 0 N–H and O–H groups in total. The zero-order valence-corrected chi connectivity index (χ0v) is 12.1. The van der Waals surface area contributed by atoms with E-state index in [1.54, 1.807) is 5.57 Å². The minimum Gasteiger partial charge on any atom is -0.306 e. The number of hydrogen-bond donors (Lipinski definition) is 0. The van der Waals surface area contributed by atoms with E-state index in [0.29, 0.717) is 0 Å². The van der Waals surface area contributed by atoms with Crippen molar-refractivity contribution in [3.05, 3.63) is 11.6 Å². The minimum atomic E-state index is 0.907. The first-order valence-corrected chi connectivity index (χ1v) is 7.81. The quantitative estimate of drug-likeness (QED) is 0.693. The molecular weight excluding hydrogens is 220 g/mol. The molecule has 3 rings (SSSR count). The Kier molecular flexibility index (Phi) is 3.76. The average molecular weight is 248 g/mol. The lowest BCUT2D eigenvalue weighted by Gasteiger charge is -2.36. The summed E-state index contributed by atoms with van der Waals surface area (Å²) >= 11 is 0. The van der Waals surface area contributed by atoms with Crippen molar-refractivity contribution in [1.82, 2.24) is 9.80 Å². The molecule has 2 heteroatoms. The Morgan fingerprint density at radius 1 is 1.06 bits per heavy atom. The summed E-state index contributed by atoms with van der Waals surface area (Å²) in [6.45, 7) is 2.54. The number of piperidine rings is 2. The highest BCUT2D eigenvalue weighted by Crippen LogP contribution is 2.39. The van der Waals surface area contributed by atoms with E-state index >= 15 is 0 Å². The molecule has 0 amide bonds. The van der Waals surface area contributed by atoms with E-state index in [4.69, 9.17) is 0 Å². The largest absolute Gasteiger partial charge is 0.306 e. The molecule has 3 aliphatic heterocycles. The van der Waals surface area contributed by atoms with Gasteiger partial charge in [0.2, 0.25) is 0 Å². The first-order chi connectivity index (χ1) is 8.72. The van der Waals surface area contributed by atoms with E-state index in [-0.39, 0.29) is 0 Å². The van der Waals surface area contributed by atoms with Gasteiger partial charge in [-0.05, 0) is 65.0 Å². The molecule has 2 unspecified atom stereocenters. The SMILES string of the molecule is CN1CCC(=CCC2CC3CCC(C2)N3C)CC1. The number of fused-ring (bicyclic) bond motifs is 2. The van der Waals surface area contributed by atoms with Crippen molar-refractivity contribution in [1.29, 1.82) is 0 Å². The average Bonchev–Trinajstić information content (AvgIpc) is 2.62. The van der Waals surface area contributed by atoms with E-state index in [0.717, 1.165) is 18.0 Å². The lowest BCUT2D eigenvalue weighted by molar-refractivity contribution is 0.135. The lowest BCUT2D eigenvalue weighted by atomic mass is 9.87. The molecule has 0 aliphatic carbocycles. The Morgan fingerprint density at radius 3 is 2.28 bits per heavy atom. The van der Waals surface area contributed by atoms with E-state index in [1.807, 2.05) is 0 Å². The molecule has 3 saturated heterocycles. The van der Waals surface area contributed by atoms with Gasteiger partial charge in [-0.25, -0.2) is 0 Å². The van der Waals surface area contributed by atoms with Gasteiger partial charge in [0.25, 0.3) is 0 Å². The molecule has 3 fully saturated rings. The van der Waals surface area contributed by atoms with Crippen molar-refractivity contribution in [3.8, 4) is 0 Å². The first kappa shape index (κ1) is 12.7. The van der Waals surface area contributed by atoms with Gasteiger partial charge < -0.3 is 9.80 Å². The van der Waals surface area contributed by atoms with Gasteiger partial charge in [0.15, 0.2) is 0 Å². The van der Waals surface area contributed by atoms with Crippen LogP contribution in [0.4, 0.5) is 0 Å². The summed E-state index contributed by atoms with van der Waals surface area (Å²) in [5.74, 6) is 0.978. The van der Waals surface area contributed by atoms with E-state index < -0.39 is 0 Å². The maximum absolute atomic E-state index is 2.65. The van der Waals surface area contributed by atoms with Crippen LogP contribution < -0.4 is 0 Å². The van der Waals surface area contributed by atoms with Crippen LogP contribution in [-0.4, -0.2) is 49.1 Å². The summed E-state index contributed by atoms with van der Waals surface area (Å²) in [5.41, 5.74) is 1.74. The van der Waals surface area contributed by atoms with Crippen LogP contribution in [0.2, 0.25) is 0 Å². The summed E-state index contributed by atoms with van der Waals surface area (Å²) in [6.07, 6.45) is 12.4. The van der Waals surface area contributed by atoms with Gasteiger partial charge >= 0.3 is 0 Å². The molecule has 2 bridgehead atoms. The molecule has 0 aromatic rings. The molecular formula is C16H28N2. The fourth-order valence-corrected chi connectivity index (χ4v) is 4.16. The van der Waals surface area contributed by atoms with Crippen LogP contribution in [0, 0.1) is 5.92 Å². The van der Waals surface area contributed by atoms with Crippen LogP contribution in [0.1, 0.15) is 44.9 Å². The Labute approximate surface area is 112 Å². The smallest absolute Gasteiger partial charge is 0.00984 e. The number of allylic oxidation sites excluding steroid dienone is 1. The van der Waals surface area contributed by atoms with Crippen LogP contribution in [0.3, 0.4) is 0 Å². The molecule has 0 aromatic carbocycles. The maximum atomic E-state index is 2.65. The lowest BCUT2D eigenvalue weighted by Crippen LogP contribution is -2.39. The Balaban J connectivity index is 1.51. The number of likely N-dealkylation sites (tertiary alicyclic amines) is 1. The van der Waals surface area contributed by atoms with Gasteiger partial charge in [0.05, 0.1) is 0 Å². The van der Waals surface area contributed by atoms with Crippen LogP contribution in [0.25, 0.3) is 0 Å². The van der Waals surface area contributed by atoms with Gasteiger partial charge in [-0.1, -0.05) is 11.6 Å². The molecule has 2 atom stereocenters. The van der Waals surface area contributed by atoms with Gasteiger partial charge in [-0.15, -0.1) is 0 Å². The number of hydrogen-bond acceptors (Lipinski definition) is 2. The predicted molar refractivity (Wildman–Crippen MR) is 76.7 cm³/mol. The molecule has 102 valence electrons. The Bertz CT molecular complexity index is 299. The van der Waals surface area contributed by atoms with Crippen molar-refractivity contribution < 1.29 is 0 Å². The molecule has 0 aromatic heterocycles. The summed E-state index contributed by atoms with van der Waals surface area (Å²) in [6, 6.07) is 1.81. The third-order valence-corrected chi connectivity index (χ3v) is 5.57. The zero-order chi connectivity index (χ0) is 12.5. The fourth-order valence-electron chi connectivity index (χ4n) is 4.16. The zero-order valence-electron chi connectivity index (χ0n) is 12.1. The molecule has 0 spiro atoms. The Morgan fingerprint density at radius 2 is 1.67 bits per heavy atom. The van der Waals surface area contributed by atoms with Gasteiger partial charge in [-0.2, -0.15) is 0 Å². The van der Waals surface area contributed by atoms with Gasteiger partial charge in [-0.3, -0.25) is 0 Å². The highest BCUT2D eigenvalue weighted by Gasteiger charge is 2.37. The summed E-state index contributed by atoms with van der Waals surface area (Å²) < 4.78 is 0. The standard InChI is InChI=1S/C16H28N2/c1-17-9-7-13(8-10-17)3-4-14-11-15-5-6-16(12-14)18(15)2/h3,14-16H,4-12H2,1-2H3. The predicted octanol–water partition coefficient (Wildman–Crippen LogP) is 2.90. The number of nitrogens with zero attached hydrogens (tertiary/aromatic N) is 2. The molecule has 2 nitrogen and oxygen atoms in total. The third kappa shape index (κ3) is 2.65.